The van der Waals surface area contributed by atoms with Crippen LogP contribution in [0.1, 0.15) is 23.2 Å². The average Bonchev–Trinajstić information content (AvgIpc) is 2.77. The molecular formula is C10H13ClN4S. The third-order valence-corrected chi connectivity index (χ3v) is 3.68. The number of halogens is 1. The minimum atomic E-state index is 0.587. The summed E-state index contributed by atoms with van der Waals surface area (Å²) in [6.07, 6.45) is 3.36. The first-order valence-electron chi connectivity index (χ1n) is 5.02. The SMILES string of the molecule is CCc1nn(C)c(Cc2cnc(N)s2)c1Cl. The van der Waals surface area contributed by atoms with E-state index >= 15 is 0 Å². The van der Waals surface area contributed by atoms with Gasteiger partial charge in [-0.25, -0.2) is 4.98 Å². The number of anilines is 1. The van der Waals surface area contributed by atoms with Crippen molar-refractivity contribution in [2.75, 3.05) is 5.73 Å². The Balaban J connectivity index is 2.30. The molecule has 86 valence electrons. The second-order valence-corrected chi connectivity index (χ2v) is 5.05. The van der Waals surface area contributed by atoms with E-state index in [1.165, 1.54) is 11.3 Å². The van der Waals surface area contributed by atoms with Crippen molar-refractivity contribution in [1.29, 1.82) is 0 Å². The Labute approximate surface area is 103 Å². The van der Waals surface area contributed by atoms with E-state index in [9.17, 15) is 0 Å². The number of rotatable bonds is 3. The van der Waals surface area contributed by atoms with Gasteiger partial charge in [-0.05, 0) is 6.42 Å². The number of thiazole rings is 1. The molecule has 4 nitrogen and oxygen atoms in total. The summed E-state index contributed by atoms with van der Waals surface area (Å²) in [6.45, 7) is 2.04. The molecule has 2 aromatic rings. The number of nitrogens with two attached hydrogens (primary N) is 1. The predicted octanol–water partition coefficient (Wildman–Crippen LogP) is 2.27. The standard InChI is InChI=1S/C10H13ClN4S/c1-3-7-9(11)8(15(2)14-7)4-6-5-13-10(12)16-6/h5H,3-4H2,1-2H3,(H2,12,13). The molecule has 6 heteroatoms. The lowest BCUT2D eigenvalue weighted by Gasteiger charge is -1.99. The molecule has 0 amide bonds. The van der Waals surface area contributed by atoms with Gasteiger partial charge in [-0.15, -0.1) is 11.3 Å². The Hall–Kier alpha value is -1.07. The zero-order valence-electron chi connectivity index (χ0n) is 9.20. The van der Waals surface area contributed by atoms with Gasteiger partial charge in [0, 0.05) is 24.5 Å². The predicted molar refractivity (Wildman–Crippen MR) is 66.9 cm³/mol. The van der Waals surface area contributed by atoms with E-state index in [2.05, 4.69) is 10.1 Å². The van der Waals surface area contributed by atoms with Crippen LogP contribution in [0.3, 0.4) is 0 Å². The van der Waals surface area contributed by atoms with Gasteiger partial charge in [-0.2, -0.15) is 5.10 Å². The van der Waals surface area contributed by atoms with Crippen molar-refractivity contribution < 1.29 is 0 Å². The Bertz CT molecular complexity index is 503. The number of hydrogen-bond acceptors (Lipinski definition) is 4. The zero-order valence-corrected chi connectivity index (χ0v) is 10.8. The summed E-state index contributed by atoms with van der Waals surface area (Å²) < 4.78 is 1.83. The van der Waals surface area contributed by atoms with E-state index in [-0.39, 0.29) is 0 Å². The second-order valence-electron chi connectivity index (χ2n) is 3.53. The molecule has 2 rings (SSSR count). The summed E-state index contributed by atoms with van der Waals surface area (Å²) in [5.41, 5.74) is 7.55. The van der Waals surface area contributed by atoms with Crippen LogP contribution < -0.4 is 5.73 Å². The molecule has 2 N–H and O–H groups in total. The molecule has 0 aliphatic carbocycles. The highest BCUT2D eigenvalue weighted by Gasteiger charge is 2.14. The average molecular weight is 257 g/mol. The van der Waals surface area contributed by atoms with E-state index in [4.69, 9.17) is 17.3 Å². The van der Waals surface area contributed by atoms with Crippen molar-refractivity contribution >= 4 is 28.1 Å². The van der Waals surface area contributed by atoms with E-state index < -0.39 is 0 Å². The Morgan fingerprint density at radius 3 is 2.81 bits per heavy atom. The summed E-state index contributed by atoms with van der Waals surface area (Å²) in [5, 5.41) is 5.72. The van der Waals surface area contributed by atoms with Crippen LogP contribution in [0.2, 0.25) is 5.02 Å². The van der Waals surface area contributed by atoms with Gasteiger partial charge in [0.1, 0.15) is 0 Å². The summed E-state index contributed by atoms with van der Waals surface area (Å²) in [5.74, 6) is 0. The lowest BCUT2D eigenvalue weighted by atomic mass is 10.2. The summed E-state index contributed by atoms with van der Waals surface area (Å²) >= 11 is 7.74. The van der Waals surface area contributed by atoms with Gasteiger partial charge >= 0.3 is 0 Å². The van der Waals surface area contributed by atoms with Gasteiger partial charge in [0.25, 0.3) is 0 Å². The van der Waals surface area contributed by atoms with Crippen LogP contribution in [0.15, 0.2) is 6.20 Å². The van der Waals surface area contributed by atoms with Gasteiger partial charge in [0.2, 0.25) is 0 Å². The van der Waals surface area contributed by atoms with Crippen molar-refractivity contribution in [3.05, 3.63) is 27.5 Å². The quantitative estimate of drug-likeness (QED) is 0.917. The maximum Gasteiger partial charge on any atom is 0.180 e. The van der Waals surface area contributed by atoms with Crippen LogP contribution in [-0.4, -0.2) is 14.8 Å². The van der Waals surface area contributed by atoms with E-state index in [1.807, 2.05) is 18.7 Å². The molecule has 0 radical (unpaired) electrons. The molecule has 2 heterocycles. The van der Waals surface area contributed by atoms with E-state index in [1.54, 1.807) is 6.20 Å². The fourth-order valence-electron chi connectivity index (χ4n) is 1.58. The molecular weight excluding hydrogens is 244 g/mol. The molecule has 2 aromatic heterocycles. The third kappa shape index (κ3) is 2.05. The molecule has 0 aromatic carbocycles. The molecule has 0 saturated carbocycles. The largest absolute Gasteiger partial charge is 0.375 e. The minimum Gasteiger partial charge on any atom is -0.375 e. The fraction of sp³-hybridized carbons (Fsp3) is 0.400. The number of aryl methyl sites for hydroxylation is 2. The Morgan fingerprint density at radius 1 is 1.56 bits per heavy atom. The highest BCUT2D eigenvalue weighted by molar-refractivity contribution is 7.15. The lowest BCUT2D eigenvalue weighted by Crippen LogP contribution is -1.98. The maximum absolute atomic E-state index is 6.26. The first-order chi connectivity index (χ1) is 7.61. The molecule has 0 aliphatic rings. The lowest BCUT2D eigenvalue weighted by molar-refractivity contribution is 0.711. The first kappa shape index (κ1) is 11.4. The topological polar surface area (TPSA) is 56.7 Å². The monoisotopic (exact) mass is 256 g/mol. The number of nitrogens with zero attached hydrogens (tertiary/aromatic N) is 3. The summed E-state index contributed by atoms with van der Waals surface area (Å²) in [6, 6.07) is 0. The summed E-state index contributed by atoms with van der Waals surface area (Å²) in [7, 11) is 1.91. The normalized spacial score (nSPS) is 10.9. The first-order valence-corrected chi connectivity index (χ1v) is 6.21. The smallest absolute Gasteiger partial charge is 0.180 e. The van der Waals surface area contributed by atoms with Crippen LogP contribution in [0, 0.1) is 0 Å². The van der Waals surface area contributed by atoms with Gasteiger partial charge in [-0.1, -0.05) is 18.5 Å². The molecule has 16 heavy (non-hydrogen) atoms. The van der Waals surface area contributed by atoms with Crippen molar-refractivity contribution in [3.63, 3.8) is 0 Å². The molecule has 0 bridgehead atoms. The maximum atomic E-state index is 6.26. The fourth-order valence-corrected chi connectivity index (χ4v) is 2.63. The van der Waals surface area contributed by atoms with Gasteiger partial charge < -0.3 is 5.73 Å². The van der Waals surface area contributed by atoms with Crippen LogP contribution in [0.4, 0.5) is 5.13 Å². The van der Waals surface area contributed by atoms with Crippen LogP contribution in [0.25, 0.3) is 0 Å². The van der Waals surface area contributed by atoms with Crippen LogP contribution in [0.5, 0.6) is 0 Å². The molecule has 0 unspecified atom stereocenters. The minimum absolute atomic E-state index is 0.587. The third-order valence-electron chi connectivity index (χ3n) is 2.42. The second kappa shape index (κ2) is 4.43. The van der Waals surface area contributed by atoms with Crippen LogP contribution >= 0.6 is 22.9 Å². The molecule has 0 fully saturated rings. The molecule has 0 saturated heterocycles. The van der Waals surface area contributed by atoms with Crippen molar-refractivity contribution in [2.24, 2.45) is 7.05 Å². The van der Waals surface area contributed by atoms with Crippen LogP contribution in [-0.2, 0) is 19.9 Å². The number of aromatic nitrogens is 3. The highest BCUT2D eigenvalue weighted by Crippen LogP contribution is 2.25. The van der Waals surface area contributed by atoms with Gasteiger partial charge in [0.15, 0.2) is 5.13 Å². The van der Waals surface area contributed by atoms with Crippen molar-refractivity contribution in [1.82, 2.24) is 14.8 Å². The van der Waals surface area contributed by atoms with Crippen molar-refractivity contribution in [3.8, 4) is 0 Å². The Morgan fingerprint density at radius 2 is 2.31 bits per heavy atom. The van der Waals surface area contributed by atoms with Gasteiger partial charge in [0.05, 0.1) is 16.4 Å². The number of hydrogen-bond donors (Lipinski definition) is 1. The Kier molecular flexibility index (Phi) is 3.16. The van der Waals surface area contributed by atoms with E-state index in [0.29, 0.717) is 5.13 Å². The number of nitrogen functional groups attached to an aromatic ring is 1. The molecule has 0 spiro atoms. The zero-order chi connectivity index (χ0) is 11.7. The summed E-state index contributed by atoms with van der Waals surface area (Å²) in [4.78, 5) is 5.12. The van der Waals surface area contributed by atoms with Gasteiger partial charge in [-0.3, -0.25) is 4.68 Å². The van der Waals surface area contributed by atoms with Crippen molar-refractivity contribution in [2.45, 2.75) is 19.8 Å². The molecule has 0 aliphatic heterocycles. The highest BCUT2D eigenvalue weighted by atomic mass is 35.5. The molecule has 0 atom stereocenters. The van der Waals surface area contributed by atoms with E-state index in [0.717, 1.165) is 34.1 Å².